The van der Waals surface area contributed by atoms with Gasteiger partial charge in [-0.15, -0.1) is 0 Å². The molecule has 0 saturated carbocycles. The summed E-state index contributed by atoms with van der Waals surface area (Å²) in [7, 11) is 0. The van der Waals surface area contributed by atoms with Crippen LogP contribution in [0.2, 0.25) is 0 Å². The zero-order chi connectivity index (χ0) is 41.2. The number of nitrogens with zero attached hydrogens (tertiary/aromatic N) is 4. The topological polar surface area (TPSA) is 33.5 Å². The van der Waals surface area contributed by atoms with E-state index in [2.05, 4.69) is 224 Å². The molecule has 5 nitrogen and oxygen atoms in total. The molecule has 0 fully saturated rings. The molecule has 0 spiro atoms. The standard InChI is InChI=1S/C53H58N4O/c1-50(2,3)38-27-28-54-49(31-38)57-46-20-16-15-19-44(46)45-26-25-42(33-47(45)57)58-43-30-39(51(4,5)6)29-41(32-43)55-34-48(52(7,8)9)56(35-55)40-23-21-37(22-24-40)53(10,11)36-17-13-12-14-18-36/h12-34H,35H2,1-11H3. The average molecular weight is 767 g/mol. The summed E-state index contributed by atoms with van der Waals surface area (Å²) in [5.41, 5.74) is 10.6. The van der Waals surface area contributed by atoms with E-state index in [0.29, 0.717) is 6.67 Å². The van der Waals surface area contributed by atoms with E-state index in [-0.39, 0.29) is 21.7 Å². The van der Waals surface area contributed by atoms with Gasteiger partial charge in [-0.3, -0.25) is 4.57 Å². The van der Waals surface area contributed by atoms with Crippen LogP contribution in [0.25, 0.3) is 27.6 Å². The predicted molar refractivity (Wildman–Crippen MR) is 245 cm³/mol. The Bertz CT molecular complexity index is 2650. The number of anilines is 2. The molecule has 0 saturated heterocycles. The molecule has 0 N–H and O–H groups in total. The highest BCUT2D eigenvalue weighted by molar-refractivity contribution is 6.09. The van der Waals surface area contributed by atoms with Crippen LogP contribution in [-0.2, 0) is 16.2 Å². The van der Waals surface area contributed by atoms with Crippen molar-refractivity contribution >= 4 is 33.2 Å². The number of para-hydroxylation sites is 1. The van der Waals surface area contributed by atoms with Crippen molar-refractivity contribution in [1.29, 1.82) is 0 Å². The summed E-state index contributed by atoms with van der Waals surface area (Å²) in [6, 6.07) is 46.0. The fourth-order valence-corrected chi connectivity index (χ4v) is 8.19. The van der Waals surface area contributed by atoms with Gasteiger partial charge in [0.05, 0.1) is 17.7 Å². The van der Waals surface area contributed by atoms with E-state index >= 15 is 0 Å². The lowest BCUT2D eigenvalue weighted by atomic mass is 9.78. The molecule has 58 heavy (non-hydrogen) atoms. The van der Waals surface area contributed by atoms with Gasteiger partial charge < -0.3 is 14.5 Å². The highest BCUT2D eigenvalue weighted by Crippen LogP contribution is 2.42. The second-order valence-corrected chi connectivity index (χ2v) is 19.6. The van der Waals surface area contributed by atoms with Crippen LogP contribution in [0.15, 0.2) is 145 Å². The number of ether oxygens (including phenoxy) is 1. The molecule has 0 bridgehead atoms. The van der Waals surface area contributed by atoms with Gasteiger partial charge in [-0.25, -0.2) is 4.98 Å². The minimum atomic E-state index is -0.0986. The molecule has 7 aromatic rings. The number of allylic oxidation sites excluding steroid dienone is 1. The summed E-state index contributed by atoms with van der Waals surface area (Å²) in [5, 5.41) is 2.36. The van der Waals surface area contributed by atoms with Crippen molar-refractivity contribution in [3.8, 4) is 17.3 Å². The van der Waals surface area contributed by atoms with Crippen LogP contribution in [0.1, 0.15) is 98.4 Å². The van der Waals surface area contributed by atoms with Crippen molar-refractivity contribution in [2.75, 3.05) is 16.5 Å². The van der Waals surface area contributed by atoms with E-state index in [1.54, 1.807) is 0 Å². The van der Waals surface area contributed by atoms with Gasteiger partial charge in [-0.1, -0.05) is 137 Å². The first-order valence-electron chi connectivity index (χ1n) is 20.6. The number of aromatic nitrogens is 2. The Morgan fingerprint density at radius 1 is 0.500 bits per heavy atom. The third-order valence-corrected chi connectivity index (χ3v) is 11.8. The molecular formula is C53H58N4O. The normalized spacial score (nSPS) is 14.1. The van der Waals surface area contributed by atoms with Gasteiger partial charge in [0, 0.05) is 63.2 Å². The second kappa shape index (κ2) is 14.2. The molecule has 0 aliphatic carbocycles. The lowest BCUT2D eigenvalue weighted by molar-refractivity contribution is 0.479. The first-order chi connectivity index (χ1) is 27.4. The van der Waals surface area contributed by atoms with Crippen LogP contribution in [0.5, 0.6) is 11.5 Å². The second-order valence-electron chi connectivity index (χ2n) is 19.6. The third-order valence-electron chi connectivity index (χ3n) is 11.8. The van der Waals surface area contributed by atoms with Crippen LogP contribution < -0.4 is 14.5 Å². The van der Waals surface area contributed by atoms with Gasteiger partial charge in [0.25, 0.3) is 0 Å². The van der Waals surface area contributed by atoms with Crippen LogP contribution in [0.3, 0.4) is 0 Å². The lowest BCUT2D eigenvalue weighted by Crippen LogP contribution is -2.30. The fourth-order valence-electron chi connectivity index (χ4n) is 8.19. The molecule has 5 heteroatoms. The maximum Gasteiger partial charge on any atom is 0.137 e. The molecule has 5 aromatic carbocycles. The van der Waals surface area contributed by atoms with Crippen LogP contribution >= 0.6 is 0 Å². The van der Waals surface area contributed by atoms with Gasteiger partial charge in [0.15, 0.2) is 0 Å². The quantitative estimate of drug-likeness (QED) is 0.162. The summed E-state index contributed by atoms with van der Waals surface area (Å²) in [5.74, 6) is 2.50. The Hall–Kier alpha value is -5.81. The van der Waals surface area contributed by atoms with Crippen molar-refractivity contribution in [2.45, 2.75) is 92.4 Å². The largest absolute Gasteiger partial charge is 0.457 e. The highest BCUT2D eigenvalue weighted by atomic mass is 16.5. The van der Waals surface area contributed by atoms with Gasteiger partial charge in [-0.2, -0.15) is 0 Å². The zero-order valence-electron chi connectivity index (χ0n) is 36.2. The number of pyridine rings is 1. The molecule has 0 unspecified atom stereocenters. The Kier molecular flexibility index (Phi) is 9.58. The zero-order valence-corrected chi connectivity index (χ0v) is 36.2. The SMILES string of the molecule is CC(C)(C)C1=CN(c2cc(Oc3ccc4c5ccccc5n(-c5cc(C(C)(C)C)ccn5)c4c3)cc(C(C)(C)C)c2)CN1c1ccc(C(C)(C)c2ccccc2)cc1. The third kappa shape index (κ3) is 7.39. The van der Waals surface area contributed by atoms with Crippen LogP contribution in [0.4, 0.5) is 11.4 Å². The molecule has 0 radical (unpaired) electrons. The number of fused-ring (bicyclic) bond motifs is 3. The smallest absolute Gasteiger partial charge is 0.137 e. The number of hydrogen-bond donors (Lipinski definition) is 0. The van der Waals surface area contributed by atoms with Crippen LogP contribution in [-0.4, -0.2) is 16.2 Å². The monoisotopic (exact) mass is 766 g/mol. The van der Waals surface area contributed by atoms with Crippen molar-refractivity contribution < 1.29 is 4.74 Å². The molecule has 0 atom stereocenters. The minimum Gasteiger partial charge on any atom is -0.457 e. The summed E-state index contributed by atoms with van der Waals surface area (Å²) in [4.78, 5) is 9.72. The minimum absolute atomic E-state index is 0.0000567. The van der Waals surface area contributed by atoms with E-state index in [1.165, 1.54) is 44.4 Å². The van der Waals surface area contributed by atoms with Gasteiger partial charge in [-0.05, 0) is 87.7 Å². The first-order valence-corrected chi connectivity index (χ1v) is 20.6. The van der Waals surface area contributed by atoms with E-state index in [4.69, 9.17) is 9.72 Å². The number of rotatable bonds is 7. The highest BCUT2D eigenvalue weighted by Gasteiger charge is 2.33. The molecule has 1 aliphatic rings. The predicted octanol–water partition coefficient (Wildman–Crippen LogP) is 14.1. The van der Waals surface area contributed by atoms with Gasteiger partial charge in [0.2, 0.25) is 0 Å². The maximum absolute atomic E-state index is 6.88. The number of hydrogen-bond acceptors (Lipinski definition) is 4. The van der Waals surface area contributed by atoms with E-state index in [1.807, 2.05) is 6.20 Å². The molecule has 296 valence electrons. The molecular weight excluding hydrogens is 709 g/mol. The summed E-state index contributed by atoms with van der Waals surface area (Å²) < 4.78 is 9.15. The maximum atomic E-state index is 6.88. The van der Waals surface area contributed by atoms with Crippen molar-refractivity contribution in [3.63, 3.8) is 0 Å². The Morgan fingerprint density at radius 2 is 1.16 bits per heavy atom. The van der Waals surface area contributed by atoms with E-state index in [0.717, 1.165) is 34.0 Å². The van der Waals surface area contributed by atoms with Crippen molar-refractivity contribution in [1.82, 2.24) is 9.55 Å². The Labute approximate surface area is 345 Å². The van der Waals surface area contributed by atoms with E-state index < -0.39 is 0 Å². The lowest BCUT2D eigenvalue weighted by Gasteiger charge is -2.32. The van der Waals surface area contributed by atoms with Crippen LogP contribution in [0, 0.1) is 5.41 Å². The van der Waals surface area contributed by atoms with Gasteiger partial charge in [0.1, 0.15) is 17.3 Å². The summed E-state index contributed by atoms with van der Waals surface area (Å²) >= 11 is 0. The van der Waals surface area contributed by atoms with Crippen molar-refractivity contribution in [2.24, 2.45) is 5.41 Å². The van der Waals surface area contributed by atoms with E-state index in [9.17, 15) is 0 Å². The molecule has 2 aromatic heterocycles. The molecule has 8 rings (SSSR count). The fraction of sp³-hybridized carbons (Fsp3) is 0.302. The molecule has 3 heterocycles. The summed E-state index contributed by atoms with van der Waals surface area (Å²) in [6.45, 7) is 25.7. The Morgan fingerprint density at radius 3 is 1.84 bits per heavy atom. The average Bonchev–Trinajstić information content (AvgIpc) is 3.78. The summed E-state index contributed by atoms with van der Waals surface area (Å²) in [6.07, 6.45) is 4.26. The van der Waals surface area contributed by atoms with Gasteiger partial charge >= 0.3 is 0 Å². The van der Waals surface area contributed by atoms with Crippen molar-refractivity contribution in [3.05, 3.63) is 168 Å². The molecule has 0 amide bonds. The first kappa shape index (κ1) is 39.0. The number of benzene rings is 5. The Balaban J connectivity index is 1.15. The molecule has 1 aliphatic heterocycles.